The Bertz CT molecular complexity index is 1570. The van der Waals surface area contributed by atoms with Crippen LogP contribution in [0.4, 0.5) is 0 Å². The van der Waals surface area contributed by atoms with Crippen molar-refractivity contribution in [2.45, 2.75) is 5.92 Å². The van der Waals surface area contributed by atoms with Crippen molar-refractivity contribution in [2.75, 3.05) is 13.7 Å². The molecular formula is C30H22N2O3. The zero-order valence-electron chi connectivity index (χ0n) is 19.1. The highest BCUT2D eigenvalue weighted by Crippen LogP contribution is 2.47. The van der Waals surface area contributed by atoms with E-state index < -0.39 is 0 Å². The highest BCUT2D eigenvalue weighted by molar-refractivity contribution is 5.96. The van der Waals surface area contributed by atoms with E-state index in [4.69, 9.17) is 19.9 Å². The van der Waals surface area contributed by atoms with Crippen LogP contribution in [0.2, 0.25) is 0 Å². The van der Waals surface area contributed by atoms with Crippen LogP contribution >= 0.6 is 0 Å². The molecule has 170 valence electrons. The average molecular weight is 459 g/mol. The summed E-state index contributed by atoms with van der Waals surface area (Å²) in [6, 6.07) is 30.8. The van der Waals surface area contributed by atoms with E-state index >= 15 is 0 Å². The Morgan fingerprint density at radius 2 is 1.74 bits per heavy atom. The van der Waals surface area contributed by atoms with Crippen LogP contribution in [0.25, 0.3) is 27.7 Å². The number of hydrogen-bond donors (Lipinski definition) is 1. The highest BCUT2D eigenvalue weighted by atomic mass is 16.5. The first kappa shape index (κ1) is 20.9. The lowest BCUT2D eigenvalue weighted by molar-refractivity contribution is 0.292. The minimum atomic E-state index is -0.347. The van der Waals surface area contributed by atoms with Crippen molar-refractivity contribution >= 4 is 16.5 Å². The van der Waals surface area contributed by atoms with Crippen LogP contribution in [0.5, 0.6) is 11.5 Å². The molecule has 1 unspecified atom stereocenters. The summed E-state index contributed by atoms with van der Waals surface area (Å²) in [6.45, 7) is 0.295. The van der Waals surface area contributed by atoms with E-state index in [-0.39, 0.29) is 11.8 Å². The number of ether oxygens (including phenoxy) is 3. The predicted octanol–water partition coefficient (Wildman–Crippen LogP) is 6.13. The molecule has 2 aliphatic rings. The monoisotopic (exact) mass is 458 g/mol. The van der Waals surface area contributed by atoms with Crippen molar-refractivity contribution < 1.29 is 14.2 Å². The van der Waals surface area contributed by atoms with Gasteiger partial charge in [0.05, 0.1) is 18.6 Å². The first-order chi connectivity index (χ1) is 17.2. The SMILES string of the molecule is COc1ccc2c(c1)OCC1=C2OC(N)=C(C#N)C1c1ccc(-c2cccc3ccccc23)cc1. The Morgan fingerprint density at radius 3 is 2.54 bits per heavy atom. The molecule has 0 spiro atoms. The van der Waals surface area contributed by atoms with E-state index in [2.05, 4.69) is 66.7 Å². The summed E-state index contributed by atoms with van der Waals surface area (Å²) in [7, 11) is 1.62. The molecule has 0 aromatic heterocycles. The molecule has 0 saturated heterocycles. The zero-order valence-corrected chi connectivity index (χ0v) is 19.1. The van der Waals surface area contributed by atoms with Crippen LogP contribution in [0.3, 0.4) is 0 Å². The van der Waals surface area contributed by atoms with Crippen LogP contribution in [-0.2, 0) is 4.74 Å². The normalized spacial score (nSPS) is 16.6. The van der Waals surface area contributed by atoms with Gasteiger partial charge in [0.1, 0.15) is 35.5 Å². The van der Waals surface area contributed by atoms with Crippen molar-refractivity contribution in [3.63, 3.8) is 0 Å². The van der Waals surface area contributed by atoms with Crippen molar-refractivity contribution in [1.82, 2.24) is 0 Å². The summed E-state index contributed by atoms with van der Waals surface area (Å²) in [5.41, 5.74) is 11.6. The van der Waals surface area contributed by atoms with Gasteiger partial charge in [0.2, 0.25) is 5.88 Å². The van der Waals surface area contributed by atoms with Gasteiger partial charge < -0.3 is 19.9 Å². The van der Waals surface area contributed by atoms with Gasteiger partial charge in [-0.05, 0) is 39.6 Å². The van der Waals surface area contributed by atoms with Crippen molar-refractivity contribution in [3.05, 3.63) is 113 Å². The fraction of sp³-hybridized carbons (Fsp3) is 0.100. The molecule has 0 radical (unpaired) electrons. The Hall–Kier alpha value is -4.69. The first-order valence-electron chi connectivity index (χ1n) is 11.4. The molecular weight excluding hydrogens is 436 g/mol. The molecule has 0 saturated carbocycles. The number of nitriles is 1. The van der Waals surface area contributed by atoms with Gasteiger partial charge >= 0.3 is 0 Å². The smallest absolute Gasteiger partial charge is 0.205 e. The molecule has 6 rings (SSSR count). The van der Waals surface area contributed by atoms with Crippen molar-refractivity contribution in [3.8, 4) is 28.7 Å². The highest BCUT2D eigenvalue weighted by Gasteiger charge is 2.37. The molecule has 5 heteroatoms. The van der Waals surface area contributed by atoms with Gasteiger partial charge in [-0.25, -0.2) is 0 Å². The molecule has 0 bridgehead atoms. The van der Waals surface area contributed by atoms with Crippen LogP contribution < -0.4 is 15.2 Å². The predicted molar refractivity (Wildman–Crippen MR) is 135 cm³/mol. The lowest BCUT2D eigenvalue weighted by Crippen LogP contribution is -2.26. The number of rotatable bonds is 3. The Kier molecular flexibility index (Phi) is 4.93. The minimum Gasteiger partial charge on any atom is -0.497 e. The quantitative estimate of drug-likeness (QED) is 0.400. The summed E-state index contributed by atoms with van der Waals surface area (Å²) < 4.78 is 17.4. The molecule has 35 heavy (non-hydrogen) atoms. The van der Waals surface area contributed by atoms with E-state index in [1.807, 2.05) is 24.3 Å². The average Bonchev–Trinajstić information content (AvgIpc) is 2.91. The maximum Gasteiger partial charge on any atom is 0.205 e. The van der Waals surface area contributed by atoms with Crippen LogP contribution in [-0.4, -0.2) is 13.7 Å². The second-order valence-electron chi connectivity index (χ2n) is 8.58. The summed E-state index contributed by atoms with van der Waals surface area (Å²) in [5, 5.41) is 12.4. The maximum atomic E-state index is 9.95. The zero-order chi connectivity index (χ0) is 23.9. The summed E-state index contributed by atoms with van der Waals surface area (Å²) in [4.78, 5) is 0. The van der Waals surface area contributed by atoms with Crippen LogP contribution in [0, 0.1) is 11.3 Å². The van der Waals surface area contributed by atoms with Crippen LogP contribution in [0.15, 0.2) is 102 Å². The third-order valence-corrected chi connectivity index (χ3v) is 6.69. The molecule has 4 aromatic carbocycles. The van der Waals surface area contributed by atoms with Gasteiger partial charge in [0.25, 0.3) is 0 Å². The van der Waals surface area contributed by atoms with Crippen molar-refractivity contribution in [2.24, 2.45) is 5.73 Å². The molecule has 1 atom stereocenters. The largest absolute Gasteiger partial charge is 0.497 e. The third kappa shape index (κ3) is 3.39. The third-order valence-electron chi connectivity index (χ3n) is 6.69. The molecule has 4 aromatic rings. The molecule has 2 heterocycles. The molecule has 0 amide bonds. The number of hydrogen-bond acceptors (Lipinski definition) is 5. The molecule has 2 N–H and O–H groups in total. The summed E-state index contributed by atoms with van der Waals surface area (Å²) in [5.74, 6) is 1.79. The van der Waals surface area contributed by atoms with Crippen LogP contribution in [0.1, 0.15) is 17.0 Å². The number of fused-ring (bicyclic) bond motifs is 3. The van der Waals surface area contributed by atoms with Gasteiger partial charge in [-0.15, -0.1) is 0 Å². The maximum absolute atomic E-state index is 9.95. The number of nitrogens with two attached hydrogens (primary N) is 1. The number of benzene rings is 4. The van der Waals surface area contributed by atoms with Gasteiger partial charge in [-0.1, -0.05) is 66.7 Å². The molecule has 2 aliphatic heterocycles. The van der Waals surface area contributed by atoms with Gasteiger partial charge in [0, 0.05) is 11.6 Å². The Labute approximate surface area is 203 Å². The number of methoxy groups -OCH3 is 1. The van der Waals surface area contributed by atoms with E-state index in [0.29, 0.717) is 29.4 Å². The Morgan fingerprint density at radius 1 is 0.943 bits per heavy atom. The molecule has 0 aliphatic carbocycles. The van der Waals surface area contributed by atoms with Gasteiger partial charge in [-0.2, -0.15) is 5.26 Å². The topological polar surface area (TPSA) is 77.5 Å². The lowest BCUT2D eigenvalue weighted by Gasteiger charge is -2.33. The van der Waals surface area contributed by atoms with Crippen molar-refractivity contribution in [1.29, 1.82) is 5.26 Å². The lowest BCUT2D eigenvalue weighted by atomic mass is 9.81. The summed E-state index contributed by atoms with van der Waals surface area (Å²) >= 11 is 0. The van der Waals surface area contributed by atoms with Gasteiger partial charge in [0.15, 0.2) is 0 Å². The second kappa shape index (κ2) is 8.27. The molecule has 0 fully saturated rings. The standard InChI is InChI=1S/C30H22N2O3/c1-33-21-13-14-24-27(15-21)34-17-26-28(25(16-31)30(32)35-29(24)26)20-11-9-19(10-12-20)23-8-4-6-18-5-2-3-7-22(18)23/h2-15,28H,17,32H2,1H3. The van der Waals surface area contributed by atoms with E-state index in [1.165, 1.54) is 16.3 Å². The molecule has 5 nitrogen and oxygen atoms in total. The Balaban J connectivity index is 1.44. The van der Waals surface area contributed by atoms with Gasteiger partial charge in [-0.3, -0.25) is 0 Å². The van der Waals surface area contributed by atoms with E-state index in [9.17, 15) is 5.26 Å². The summed E-state index contributed by atoms with van der Waals surface area (Å²) in [6.07, 6.45) is 0. The minimum absolute atomic E-state index is 0.123. The number of allylic oxidation sites excluding steroid dienone is 1. The fourth-order valence-corrected chi connectivity index (χ4v) is 4.97. The second-order valence-corrected chi connectivity index (χ2v) is 8.58. The van der Waals surface area contributed by atoms with E-state index in [0.717, 1.165) is 22.3 Å². The fourth-order valence-electron chi connectivity index (χ4n) is 4.97. The first-order valence-corrected chi connectivity index (χ1v) is 11.4. The number of nitrogens with zero attached hydrogens (tertiary/aromatic N) is 1. The van der Waals surface area contributed by atoms with E-state index in [1.54, 1.807) is 7.11 Å².